The SMILES string of the molecule is COc1ccc(C(CNC(=O)CCCN2C(=O)/C(=C/c3ccc(C)cc3)SC2=S)N2CCCCC2)cc1. The Balaban J connectivity index is 1.28. The lowest BCUT2D eigenvalue weighted by molar-refractivity contribution is -0.124. The maximum atomic E-state index is 12.9. The van der Waals surface area contributed by atoms with Crippen LogP contribution in [-0.4, -0.2) is 59.2 Å². The van der Waals surface area contributed by atoms with Gasteiger partial charge in [-0.1, -0.05) is 72.4 Å². The summed E-state index contributed by atoms with van der Waals surface area (Å²) in [6.45, 7) is 5.11. The first kappa shape index (κ1) is 27.4. The van der Waals surface area contributed by atoms with E-state index < -0.39 is 0 Å². The molecule has 37 heavy (non-hydrogen) atoms. The van der Waals surface area contributed by atoms with Gasteiger partial charge in [-0.2, -0.15) is 0 Å². The van der Waals surface area contributed by atoms with Gasteiger partial charge >= 0.3 is 0 Å². The van der Waals surface area contributed by atoms with Crippen LogP contribution in [0, 0.1) is 6.92 Å². The van der Waals surface area contributed by atoms with Gasteiger partial charge in [0.15, 0.2) is 0 Å². The Labute approximate surface area is 229 Å². The van der Waals surface area contributed by atoms with Gasteiger partial charge in [-0.25, -0.2) is 0 Å². The fraction of sp³-hybridized carbons (Fsp3) is 0.414. The highest BCUT2D eigenvalue weighted by molar-refractivity contribution is 8.26. The fourth-order valence-electron chi connectivity index (χ4n) is 4.72. The first-order valence-electron chi connectivity index (χ1n) is 12.9. The summed E-state index contributed by atoms with van der Waals surface area (Å²) in [5, 5.41) is 3.14. The number of benzene rings is 2. The van der Waals surface area contributed by atoms with Crippen molar-refractivity contribution in [1.82, 2.24) is 15.1 Å². The van der Waals surface area contributed by atoms with E-state index in [2.05, 4.69) is 22.3 Å². The molecule has 2 saturated heterocycles. The molecule has 2 aromatic rings. The van der Waals surface area contributed by atoms with Crippen LogP contribution in [0.25, 0.3) is 6.08 Å². The smallest absolute Gasteiger partial charge is 0.266 e. The van der Waals surface area contributed by atoms with Gasteiger partial charge in [0, 0.05) is 19.5 Å². The Morgan fingerprint density at radius 3 is 2.49 bits per heavy atom. The van der Waals surface area contributed by atoms with Crippen LogP contribution in [0.3, 0.4) is 0 Å². The minimum Gasteiger partial charge on any atom is -0.497 e. The number of carbonyl (C=O) groups is 2. The third-order valence-corrected chi connectivity index (χ3v) is 8.24. The number of carbonyl (C=O) groups excluding carboxylic acids is 2. The van der Waals surface area contributed by atoms with Crippen molar-refractivity contribution < 1.29 is 14.3 Å². The summed E-state index contributed by atoms with van der Waals surface area (Å²) in [6, 6.07) is 16.3. The lowest BCUT2D eigenvalue weighted by Gasteiger charge is -2.35. The summed E-state index contributed by atoms with van der Waals surface area (Å²) in [6.07, 6.45) is 6.42. The molecule has 8 heteroatoms. The molecule has 1 atom stereocenters. The number of piperidine rings is 1. The van der Waals surface area contributed by atoms with Crippen LogP contribution in [0.5, 0.6) is 5.75 Å². The Morgan fingerprint density at radius 1 is 1.11 bits per heavy atom. The predicted octanol–water partition coefficient (Wildman–Crippen LogP) is 5.33. The van der Waals surface area contributed by atoms with E-state index >= 15 is 0 Å². The van der Waals surface area contributed by atoms with E-state index in [0.29, 0.717) is 35.2 Å². The van der Waals surface area contributed by atoms with Crippen molar-refractivity contribution in [2.24, 2.45) is 0 Å². The van der Waals surface area contributed by atoms with Crippen molar-refractivity contribution in [2.45, 2.75) is 45.1 Å². The molecule has 2 fully saturated rings. The summed E-state index contributed by atoms with van der Waals surface area (Å²) in [7, 11) is 1.67. The van der Waals surface area contributed by atoms with E-state index in [1.165, 1.54) is 42.2 Å². The highest BCUT2D eigenvalue weighted by atomic mass is 32.2. The number of amides is 2. The summed E-state index contributed by atoms with van der Waals surface area (Å²) < 4.78 is 5.86. The molecule has 0 aromatic heterocycles. The van der Waals surface area contributed by atoms with Gasteiger partial charge in [0.25, 0.3) is 5.91 Å². The van der Waals surface area contributed by atoms with Crippen LogP contribution in [0.1, 0.15) is 54.8 Å². The molecule has 0 aliphatic carbocycles. The van der Waals surface area contributed by atoms with E-state index in [1.807, 2.05) is 49.4 Å². The van der Waals surface area contributed by atoms with Crippen molar-refractivity contribution in [2.75, 3.05) is 33.3 Å². The van der Waals surface area contributed by atoms with Crippen LogP contribution in [-0.2, 0) is 9.59 Å². The van der Waals surface area contributed by atoms with Crippen LogP contribution in [0.15, 0.2) is 53.4 Å². The van der Waals surface area contributed by atoms with E-state index in [1.54, 1.807) is 12.0 Å². The monoisotopic (exact) mass is 537 g/mol. The zero-order valence-corrected chi connectivity index (χ0v) is 23.2. The molecule has 2 aliphatic rings. The first-order valence-corrected chi connectivity index (χ1v) is 14.1. The normalized spacial score (nSPS) is 18.3. The van der Waals surface area contributed by atoms with Crippen molar-refractivity contribution >= 4 is 46.2 Å². The highest BCUT2D eigenvalue weighted by Crippen LogP contribution is 2.33. The zero-order chi connectivity index (χ0) is 26.2. The molecule has 0 bridgehead atoms. The van der Waals surface area contributed by atoms with Gasteiger partial charge in [0.05, 0.1) is 18.1 Å². The van der Waals surface area contributed by atoms with Gasteiger partial charge in [-0.3, -0.25) is 19.4 Å². The molecule has 196 valence electrons. The van der Waals surface area contributed by atoms with E-state index in [4.69, 9.17) is 17.0 Å². The van der Waals surface area contributed by atoms with Gasteiger partial charge in [-0.15, -0.1) is 0 Å². The topological polar surface area (TPSA) is 61.9 Å². The van der Waals surface area contributed by atoms with Gasteiger partial charge in [0.2, 0.25) is 5.91 Å². The third-order valence-electron chi connectivity index (χ3n) is 6.86. The van der Waals surface area contributed by atoms with Gasteiger partial charge in [-0.05, 0) is 68.6 Å². The molecule has 0 radical (unpaired) electrons. The second kappa shape index (κ2) is 13.2. The van der Waals surface area contributed by atoms with Gasteiger partial charge in [0.1, 0.15) is 10.1 Å². The molecule has 0 saturated carbocycles. The number of ether oxygens (including phenoxy) is 1. The molecular formula is C29H35N3O3S2. The zero-order valence-electron chi connectivity index (χ0n) is 21.6. The second-order valence-electron chi connectivity index (χ2n) is 9.54. The summed E-state index contributed by atoms with van der Waals surface area (Å²) >= 11 is 6.78. The largest absolute Gasteiger partial charge is 0.497 e. The van der Waals surface area contributed by atoms with Gasteiger partial charge < -0.3 is 10.1 Å². The average molecular weight is 538 g/mol. The summed E-state index contributed by atoms with van der Waals surface area (Å²) in [5.74, 6) is 0.742. The molecule has 2 aromatic carbocycles. The minimum absolute atomic E-state index is 0.00356. The van der Waals surface area contributed by atoms with Crippen LogP contribution < -0.4 is 10.1 Å². The minimum atomic E-state index is -0.0827. The Morgan fingerprint density at radius 2 is 1.81 bits per heavy atom. The van der Waals surface area contributed by atoms with E-state index in [9.17, 15) is 9.59 Å². The molecule has 1 N–H and O–H groups in total. The average Bonchev–Trinajstić information content (AvgIpc) is 3.18. The quantitative estimate of drug-likeness (QED) is 0.327. The van der Waals surface area contributed by atoms with Crippen molar-refractivity contribution in [3.05, 3.63) is 70.1 Å². The third kappa shape index (κ3) is 7.43. The Kier molecular flexibility index (Phi) is 9.77. The van der Waals surface area contributed by atoms with Crippen LogP contribution in [0.2, 0.25) is 0 Å². The van der Waals surface area contributed by atoms with E-state index in [-0.39, 0.29) is 17.9 Å². The van der Waals surface area contributed by atoms with Crippen LogP contribution >= 0.6 is 24.0 Å². The lowest BCUT2D eigenvalue weighted by atomic mass is 10.0. The lowest BCUT2D eigenvalue weighted by Crippen LogP contribution is -2.40. The summed E-state index contributed by atoms with van der Waals surface area (Å²) in [4.78, 5) is 30.3. The molecule has 2 heterocycles. The number of likely N-dealkylation sites (tertiary alicyclic amines) is 1. The number of nitrogens with one attached hydrogen (secondary N) is 1. The number of hydrogen-bond acceptors (Lipinski definition) is 6. The number of aryl methyl sites for hydroxylation is 1. The molecule has 4 rings (SSSR count). The number of thioether (sulfide) groups is 1. The van der Waals surface area contributed by atoms with Crippen molar-refractivity contribution in [3.8, 4) is 5.75 Å². The predicted molar refractivity (Wildman–Crippen MR) is 154 cm³/mol. The number of methoxy groups -OCH3 is 1. The highest BCUT2D eigenvalue weighted by Gasteiger charge is 2.31. The fourth-order valence-corrected chi connectivity index (χ4v) is 6.03. The van der Waals surface area contributed by atoms with Crippen molar-refractivity contribution in [1.29, 1.82) is 0 Å². The Hall–Kier alpha value is -2.68. The summed E-state index contributed by atoms with van der Waals surface area (Å²) in [5.41, 5.74) is 3.33. The molecule has 6 nitrogen and oxygen atoms in total. The van der Waals surface area contributed by atoms with Crippen LogP contribution in [0.4, 0.5) is 0 Å². The maximum absolute atomic E-state index is 12.9. The number of hydrogen-bond donors (Lipinski definition) is 1. The molecule has 2 amide bonds. The number of nitrogens with zero attached hydrogens (tertiary/aromatic N) is 2. The molecule has 1 unspecified atom stereocenters. The standard InChI is InChI=1S/C29H35N3O3S2/c1-21-8-10-22(11-9-21)19-26-28(34)32(29(36)37-26)18-6-7-27(33)30-20-25(31-16-4-3-5-17-31)23-12-14-24(35-2)15-13-23/h8-15,19,25H,3-7,16-18,20H2,1-2H3,(H,30,33)/b26-19-. The first-order chi connectivity index (χ1) is 17.9. The second-order valence-corrected chi connectivity index (χ2v) is 11.2. The molecule has 2 aliphatic heterocycles. The Bertz CT molecular complexity index is 1130. The van der Waals surface area contributed by atoms with E-state index in [0.717, 1.165) is 24.4 Å². The number of rotatable bonds is 10. The maximum Gasteiger partial charge on any atom is 0.266 e. The molecule has 0 spiro atoms. The number of thiocarbonyl (C=S) groups is 1. The van der Waals surface area contributed by atoms with Crippen molar-refractivity contribution in [3.63, 3.8) is 0 Å². The molecular weight excluding hydrogens is 502 g/mol.